The Bertz CT molecular complexity index is 727. The number of likely N-dealkylation sites (N-methyl/N-ethyl adjacent to an activating group) is 1. The van der Waals surface area contributed by atoms with Crippen LogP contribution in [0.1, 0.15) is 26.7 Å². The lowest BCUT2D eigenvalue weighted by Gasteiger charge is -2.35. The van der Waals surface area contributed by atoms with Crippen molar-refractivity contribution in [3.05, 3.63) is 30.1 Å². The molecule has 1 aliphatic heterocycles. The zero-order chi connectivity index (χ0) is 23.7. The molecule has 1 aromatic rings. The third-order valence-electron chi connectivity index (χ3n) is 5.98. The largest absolute Gasteiger partial charge is 0.394 e. The van der Waals surface area contributed by atoms with Gasteiger partial charge in [0.2, 0.25) is 5.91 Å². The molecule has 2 rings (SSSR count). The second-order valence-corrected chi connectivity index (χ2v) is 8.48. The summed E-state index contributed by atoms with van der Waals surface area (Å²) < 4.78 is 24.1. The number of ether oxygens (including phenoxy) is 2. The Morgan fingerprint density at radius 1 is 1.22 bits per heavy atom. The molecular weight excluding hydrogens is 417 g/mol. The summed E-state index contributed by atoms with van der Waals surface area (Å²) in [4.78, 5) is 28.9. The fraction of sp³-hybridized carbons (Fsp3) is 0.652. The molecule has 0 radical (unpaired) electrons. The third-order valence-corrected chi connectivity index (χ3v) is 5.98. The first-order chi connectivity index (χ1) is 15.3. The van der Waals surface area contributed by atoms with E-state index >= 15 is 0 Å². The minimum absolute atomic E-state index is 0.0334. The van der Waals surface area contributed by atoms with Gasteiger partial charge in [-0.3, -0.25) is 4.79 Å². The van der Waals surface area contributed by atoms with Gasteiger partial charge in [-0.05, 0) is 44.0 Å². The lowest BCUT2D eigenvalue weighted by Crippen LogP contribution is -2.49. The number of nitrogens with one attached hydrogen (secondary N) is 1. The van der Waals surface area contributed by atoms with Gasteiger partial charge in [0.05, 0.1) is 18.8 Å². The number of hydrogen-bond donors (Lipinski definition) is 2. The van der Waals surface area contributed by atoms with Crippen LogP contribution in [0.25, 0.3) is 0 Å². The summed E-state index contributed by atoms with van der Waals surface area (Å²) in [6.45, 7) is 5.41. The number of aliphatic hydroxyl groups is 1. The first-order valence-corrected chi connectivity index (χ1v) is 11.1. The number of aliphatic hydroxyl groups excluding tert-OH is 1. The quantitative estimate of drug-likeness (QED) is 0.568. The molecule has 0 aromatic heterocycles. The Morgan fingerprint density at radius 3 is 2.41 bits per heavy atom. The molecule has 1 heterocycles. The van der Waals surface area contributed by atoms with Gasteiger partial charge in [-0.15, -0.1) is 0 Å². The normalized spacial score (nSPS) is 17.3. The van der Waals surface area contributed by atoms with Crippen LogP contribution in [0.3, 0.4) is 0 Å². The Hall–Kier alpha value is -2.23. The molecule has 8 nitrogen and oxygen atoms in total. The fourth-order valence-corrected chi connectivity index (χ4v) is 3.82. The second kappa shape index (κ2) is 12.7. The number of carbonyl (C=O) groups is 2. The lowest BCUT2D eigenvalue weighted by molar-refractivity contribution is -0.139. The van der Waals surface area contributed by atoms with Crippen molar-refractivity contribution < 1.29 is 28.6 Å². The van der Waals surface area contributed by atoms with Crippen molar-refractivity contribution in [3.63, 3.8) is 0 Å². The number of urea groups is 1. The van der Waals surface area contributed by atoms with Gasteiger partial charge in [0.25, 0.3) is 0 Å². The molecule has 180 valence electrons. The summed E-state index contributed by atoms with van der Waals surface area (Å²) in [5.74, 6) is -0.455. The van der Waals surface area contributed by atoms with E-state index in [1.54, 1.807) is 26.0 Å². The van der Waals surface area contributed by atoms with Gasteiger partial charge in [0, 0.05) is 58.0 Å². The first kappa shape index (κ1) is 26.0. The third kappa shape index (κ3) is 7.43. The van der Waals surface area contributed by atoms with Gasteiger partial charge in [-0.2, -0.15) is 0 Å². The zero-order valence-corrected chi connectivity index (χ0v) is 19.4. The molecular formula is C23H36FN3O5. The van der Waals surface area contributed by atoms with Crippen molar-refractivity contribution in [1.29, 1.82) is 0 Å². The summed E-state index contributed by atoms with van der Waals surface area (Å²) in [6, 6.07) is 4.67. The Morgan fingerprint density at radius 2 is 1.84 bits per heavy atom. The number of hydrogen-bond acceptors (Lipinski definition) is 5. The van der Waals surface area contributed by atoms with Gasteiger partial charge in [0.1, 0.15) is 5.82 Å². The van der Waals surface area contributed by atoms with Crippen LogP contribution in [0.5, 0.6) is 0 Å². The predicted molar refractivity (Wildman–Crippen MR) is 120 cm³/mol. The Labute approximate surface area is 189 Å². The van der Waals surface area contributed by atoms with Crippen LogP contribution in [0.4, 0.5) is 14.9 Å². The van der Waals surface area contributed by atoms with Crippen molar-refractivity contribution in [2.75, 3.05) is 52.4 Å². The molecule has 0 aliphatic carbocycles. The Kier molecular flexibility index (Phi) is 10.3. The summed E-state index contributed by atoms with van der Waals surface area (Å²) in [6.07, 6.45) is 1.15. The highest BCUT2D eigenvalue weighted by Gasteiger charge is 2.30. The number of rotatable bonds is 10. The van der Waals surface area contributed by atoms with E-state index in [1.807, 2.05) is 6.92 Å². The van der Waals surface area contributed by atoms with E-state index in [9.17, 15) is 19.1 Å². The van der Waals surface area contributed by atoms with Gasteiger partial charge < -0.3 is 29.7 Å². The lowest BCUT2D eigenvalue weighted by atomic mass is 9.97. The minimum atomic E-state index is -0.433. The number of carbonyl (C=O) groups excluding carboxylic acids is 2. The smallest absolute Gasteiger partial charge is 0.322 e. The van der Waals surface area contributed by atoms with E-state index in [0.717, 1.165) is 12.8 Å². The minimum Gasteiger partial charge on any atom is -0.394 e. The molecule has 1 fully saturated rings. The summed E-state index contributed by atoms with van der Waals surface area (Å²) in [7, 11) is 3.36. The average Bonchev–Trinajstić information content (AvgIpc) is 2.81. The van der Waals surface area contributed by atoms with Crippen LogP contribution >= 0.6 is 0 Å². The summed E-state index contributed by atoms with van der Waals surface area (Å²) in [5.41, 5.74) is 0.462. The molecule has 1 aromatic carbocycles. The number of anilines is 1. The molecule has 9 heteroatoms. The van der Waals surface area contributed by atoms with Crippen LogP contribution < -0.4 is 5.32 Å². The Balaban J connectivity index is 2.00. The molecule has 1 aliphatic rings. The van der Waals surface area contributed by atoms with Crippen molar-refractivity contribution >= 4 is 17.6 Å². The van der Waals surface area contributed by atoms with E-state index in [1.165, 1.54) is 29.2 Å². The molecule has 3 amide bonds. The number of halogens is 1. The molecule has 0 bridgehead atoms. The molecule has 1 saturated heterocycles. The maximum atomic E-state index is 13.1. The van der Waals surface area contributed by atoms with Crippen molar-refractivity contribution in [3.8, 4) is 0 Å². The molecule has 2 N–H and O–H groups in total. The SMILES string of the molecule is CO[C@@H](CN(C)C(=O)C1CCOCC1)[C@H](C)CN(C(=O)Nc1ccc(F)cc1)[C@H](C)CO. The monoisotopic (exact) mass is 453 g/mol. The van der Waals surface area contributed by atoms with Gasteiger partial charge in [0.15, 0.2) is 0 Å². The predicted octanol–water partition coefficient (Wildman–Crippen LogP) is 2.58. The van der Waals surface area contributed by atoms with Gasteiger partial charge in [-0.1, -0.05) is 6.92 Å². The maximum Gasteiger partial charge on any atom is 0.322 e. The highest BCUT2D eigenvalue weighted by atomic mass is 19.1. The van der Waals surface area contributed by atoms with Crippen molar-refractivity contribution in [1.82, 2.24) is 9.80 Å². The van der Waals surface area contributed by atoms with Crippen LogP contribution in [0.15, 0.2) is 24.3 Å². The second-order valence-electron chi connectivity index (χ2n) is 8.48. The van der Waals surface area contributed by atoms with E-state index in [-0.39, 0.29) is 36.3 Å². The molecule has 0 spiro atoms. The standard InChI is InChI=1S/C23H36FN3O5/c1-16(21(31-4)14-26(3)22(29)18-9-11-32-12-10-18)13-27(17(2)15-28)23(30)25-20-7-5-19(24)6-8-20/h5-8,16-18,21,28H,9-15H2,1-4H3,(H,25,30)/t16-,17-,21+/m1/s1. The first-order valence-electron chi connectivity index (χ1n) is 11.1. The van der Waals surface area contributed by atoms with Crippen molar-refractivity contribution in [2.45, 2.75) is 38.8 Å². The van der Waals surface area contributed by atoms with Gasteiger partial charge in [-0.25, -0.2) is 9.18 Å². The topological polar surface area (TPSA) is 91.3 Å². The number of benzene rings is 1. The molecule has 0 unspecified atom stereocenters. The highest BCUT2D eigenvalue weighted by molar-refractivity contribution is 5.89. The van der Waals surface area contributed by atoms with Crippen LogP contribution in [0.2, 0.25) is 0 Å². The van der Waals surface area contributed by atoms with E-state index < -0.39 is 12.1 Å². The fourth-order valence-electron chi connectivity index (χ4n) is 3.82. The molecule has 32 heavy (non-hydrogen) atoms. The number of amides is 3. The number of methoxy groups -OCH3 is 1. The zero-order valence-electron chi connectivity index (χ0n) is 19.4. The molecule has 3 atom stereocenters. The van der Waals surface area contributed by atoms with Crippen molar-refractivity contribution in [2.24, 2.45) is 11.8 Å². The number of nitrogens with zero attached hydrogens (tertiary/aromatic N) is 2. The summed E-state index contributed by atoms with van der Waals surface area (Å²) in [5, 5.41) is 12.4. The highest BCUT2D eigenvalue weighted by Crippen LogP contribution is 2.19. The van der Waals surface area contributed by atoms with Crippen LogP contribution in [-0.2, 0) is 14.3 Å². The van der Waals surface area contributed by atoms with Crippen LogP contribution in [0, 0.1) is 17.7 Å². The summed E-state index contributed by atoms with van der Waals surface area (Å²) >= 11 is 0. The van der Waals surface area contributed by atoms with Crippen LogP contribution in [-0.4, -0.2) is 86.1 Å². The molecule has 0 saturated carbocycles. The van der Waals surface area contributed by atoms with E-state index in [4.69, 9.17) is 9.47 Å². The average molecular weight is 454 g/mol. The maximum absolute atomic E-state index is 13.1. The van der Waals surface area contributed by atoms with Gasteiger partial charge >= 0.3 is 6.03 Å². The van der Waals surface area contributed by atoms with E-state index in [2.05, 4.69) is 5.32 Å². The van der Waals surface area contributed by atoms with E-state index in [0.29, 0.717) is 32.0 Å².